The third-order valence-corrected chi connectivity index (χ3v) is 3.43. The van der Waals surface area contributed by atoms with E-state index in [0.29, 0.717) is 25.5 Å². The van der Waals surface area contributed by atoms with Gasteiger partial charge in [-0.25, -0.2) is 0 Å². The molecule has 0 aromatic heterocycles. The van der Waals surface area contributed by atoms with Crippen LogP contribution in [0.2, 0.25) is 0 Å². The van der Waals surface area contributed by atoms with Gasteiger partial charge in [0.25, 0.3) is 0 Å². The van der Waals surface area contributed by atoms with Crippen LogP contribution in [0.4, 0.5) is 0 Å². The first-order chi connectivity index (χ1) is 8.33. The van der Waals surface area contributed by atoms with Crippen LogP contribution in [-0.2, 0) is 9.53 Å². The predicted octanol–water partition coefficient (Wildman–Crippen LogP) is 2.67. The van der Waals surface area contributed by atoms with Gasteiger partial charge in [-0.3, -0.25) is 4.79 Å². The minimum Gasteiger partial charge on any atom is -0.480 e. The van der Waals surface area contributed by atoms with Crippen LogP contribution in [0.25, 0.3) is 0 Å². The molecule has 0 fully saturated rings. The van der Waals surface area contributed by atoms with Crippen LogP contribution in [0.1, 0.15) is 53.9 Å². The van der Waals surface area contributed by atoms with E-state index in [1.54, 1.807) is 6.92 Å². The molecule has 0 amide bonds. The summed E-state index contributed by atoms with van der Waals surface area (Å²) in [6.07, 6.45) is 2.67. The number of carboxylic acid groups (broad SMARTS) is 1. The first-order valence-corrected chi connectivity index (χ1v) is 6.93. The molecule has 2 atom stereocenters. The molecule has 0 aromatic carbocycles. The number of unbranched alkanes of at least 4 members (excludes halogenated alkanes) is 1. The normalized spacial score (nSPS) is 16.6. The monoisotopic (exact) mass is 259 g/mol. The molecule has 0 saturated heterocycles. The van der Waals surface area contributed by atoms with Crippen molar-refractivity contribution in [1.82, 2.24) is 5.32 Å². The summed E-state index contributed by atoms with van der Waals surface area (Å²) in [6, 6.07) is 0. The van der Waals surface area contributed by atoms with E-state index in [0.717, 1.165) is 12.8 Å². The lowest BCUT2D eigenvalue weighted by Gasteiger charge is -2.25. The minimum absolute atomic E-state index is 0.268. The zero-order valence-electron chi connectivity index (χ0n) is 12.5. The average molecular weight is 259 g/mol. The quantitative estimate of drug-likeness (QED) is 0.592. The molecule has 0 aliphatic carbocycles. The summed E-state index contributed by atoms with van der Waals surface area (Å²) in [6.45, 7) is 11.4. The smallest absolute Gasteiger partial charge is 0.323 e. The van der Waals surface area contributed by atoms with Crippen molar-refractivity contribution in [2.45, 2.75) is 65.5 Å². The van der Waals surface area contributed by atoms with E-state index in [2.05, 4.69) is 26.1 Å². The molecule has 2 N–H and O–H groups in total. The molecule has 4 nitrogen and oxygen atoms in total. The summed E-state index contributed by atoms with van der Waals surface area (Å²) in [4.78, 5) is 11.2. The van der Waals surface area contributed by atoms with Crippen molar-refractivity contribution in [3.8, 4) is 0 Å². The maximum absolute atomic E-state index is 11.2. The van der Waals surface area contributed by atoms with Gasteiger partial charge in [-0.15, -0.1) is 0 Å². The lowest BCUT2D eigenvalue weighted by Crippen LogP contribution is -2.49. The maximum Gasteiger partial charge on any atom is 0.323 e. The molecule has 4 heteroatoms. The molecule has 0 rings (SSSR count). The van der Waals surface area contributed by atoms with E-state index in [1.165, 1.54) is 0 Å². The Bertz CT molecular complexity index is 243. The Labute approximate surface area is 111 Å². The number of likely N-dealkylation sites (N-methyl/N-ethyl adjacent to an activating group) is 1. The average Bonchev–Trinajstić information content (AvgIpc) is 2.28. The van der Waals surface area contributed by atoms with Crippen LogP contribution in [0.15, 0.2) is 0 Å². The molecule has 0 saturated carbocycles. The number of hydrogen-bond acceptors (Lipinski definition) is 3. The van der Waals surface area contributed by atoms with Crippen molar-refractivity contribution in [2.75, 3.05) is 13.2 Å². The highest BCUT2D eigenvalue weighted by Crippen LogP contribution is 2.15. The summed E-state index contributed by atoms with van der Waals surface area (Å²) >= 11 is 0. The lowest BCUT2D eigenvalue weighted by atomic mass is 9.95. The molecular formula is C14H29NO3. The van der Waals surface area contributed by atoms with Crippen LogP contribution in [-0.4, -0.2) is 35.9 Å². The van der Waals surface area contributed by atoms with E-state index in [4.69, 9.17) is 4.74 Å². The van der Waals surface area contributed by atoms with Crippen molar-refractivity contribution in [2.24, 2.45) is 5.92 Å². The molecule has 2 unspecified atom stereocenters. The highest BCUT2D eigenvalue weighted by Gasteiger charge is 2.30. The third kappa shape index (κ3) is 6.36. The van der Waals surface area contributed by atoms with Gasteiger partial charge in [0.05, 0.1) is 6.10 Å². The van der Waals surface area contributed by atoms with Crippen LogP contribution in [0.5, 0.6) is 0 Å². The molecule has 18 heavy (non-hydrogen) atoms. The lowest BCUT2D eigenvalue weighted by molar-refractivity contribution is -0.144. The number of hydrogen-bond donors (Lipinski definition) is 2. The van der Waals surface area contributed by atoms with Gasteiger partial charge < -0.3 is 15.2 Å². The fourth-order valence-corrected chi connectivity index (χ4v) is 1.70. The van der Waals surface area contributed by atoms with Crippen LogP contribution < -0.4 is 5.32 Å². The summed E-state index contributed by atoms with van der Waals surface area (Å²) < 4.78 is 5.67. The Kier molecular flexibility index (Phi) is 8.20. The third-order valence-electron chi connectivity index (χ3n) is 3.43. The van der Waals surface area contributed by atoms with Gasteiger partial charge in [-0.05, 0) is 45.6 Å². The van der Waals surface area contributed by atoms with Gasteiger partial charge in [0.15, 0.2) is 0 Å². The highest BCUT2D eigenvalue weighted by molar-refractivity contribution is 5.78. The van der Waals surface area contributed by atoms with Crippen LogP contribution in [0.3, 0.4) is 0 Å². The van der Waals surface area contributed by atoms with Gasteiger partial charge >= 0.3 is 5.97 Å². The van der Waals surface area contributed by atoms with Gasteiger partial charge in [-0.1, -0.05) is 20.8 Å². The summed E-state index contributed by atoms with van der Waals surface area (Å²) in [5.41, 5.74) is -0.807. The number of aliphatic carboxylic acids is 1. The fourth-order valence-electron chi connectivity index (χ4n) is 1.70. The van der Waals surface area contributed by atoms with Gasteiger partial charge in [-0.2, -0.15) is 0 Å². The number of rotatable bonds is 10. The van der Waals surface area contributed by atoms with E-state index >= 15 is 0 Å². The van der Waals surface area contributed by atoms with Gasteiger partial charge in [0.1, 0.15) is 5.54 Å². The van der Waals surface area contributed by atoms with Crippen molar-refractivity contribution < 1.29 is 14.6 Å². The second-order valence-corrected chi connectivity index (χ2v) is 5.44. The SMILES string of the molecule is CCNC(C)(CCCCOC(C)C(C)C)C(=O)O. The number of carbonyl (C=O) groups is 1. The number of ether oxygens (including phenoxy) is 1. The zero-order chi connectivity index (χ0) is 14.2. The first kappa shape index (κ1) is 17.4. The summed E-state index contributed by atoms with van der Waals surface area (Å²) in [5.74, 6) is -0.253. The summed E-state index contributed by atoms with van der Waals surface area (Å²) in [5, 5.41) is 12.2. The molecular weight excluding hydrogens is 230 g/mol. The van der Waals surface area contributed by atoms with Gasteiger partial charge in [0, 0.05) is 6.61 Å². The Morgan fingerprint density at radius 2 is 1.94 bits per heavy atom. The second-order valence-electron chi connectivity index (χ2n) is 5.44. The molecule has 0 spiro atoms. The molecule has 0 bridgehead atoms. The highest BCUT2D eigenvalue weighted by atomic mass is 16.5. The zero-order valence-corrected chi connectivity index (χ0v) is 12.5. The van der Waals surface area contributed by atoms with E-state index in [-0.39, 0.29) is 6.10 Å². The van der Waals surface area contributed by atoms with Crippen molar-refractivity contribution in [3.63, 3.8) is 0 Å². The van der Waals surface area contributed by atoms with E-state index < -0.39 is 11.5 Å². The molecule has 0 radical (unpaired) electrons. The molecule has 0 aromatic rings. The number of carboxylic acids is 1. The molecule has 0 heterocycles. The van der Waals surface area contributed by atoms with E-state index in [9.17, 15) is 9.90 Å². The molecule has 0 aliphatic heterocycles. The molecule has 108 valence electrons. The minimum atomic E-state index is -0.807. The predicted molar refractivity (Wildman–Crippen MR) is 73.8 cm³/mol. The van der Waals surface area contributed by atoms with Crippen molar-refractivity contribution in [3.05, 3.63) is 0 Å². The van der Waals surface area contributed by atoms with Gasteiger partial charge in [0.2, 0.25) is 0 Å². The second kappa shape index (κ2) is 8.48. The largest absolute Gasteiger partial charge is 0.480 e. The van der Waals surface area contributed by atoms with Crippen molar-refractivity contribution >= 4 is 5.97 Å². The topological polar surface area (TPSA) is 58.6 Å². The number of nitrogens with one attached hydrogen (secondary N) is 1. The Morgan fingerprint density at radius 3 is 2.39 bits per heavy atom. The van der Waals surface area contributed by atoms with Crippen molar-refractivity contribution in [1.29, 1.82) is 0 Å². The Hall–Kier alpha value is -0.610. The van der Waals surface area contributed by atoms with Crippen LogP contribution >= 0.6 is 0 Å². The Morgan fingerprint density at radius 1 is 1.33 bits per heavy atom. The Balaban J connectivity index is 3.85. The summed E-state index contributed by atoms with van der Waals surface area (Å²) in [7, 11) is 0. The standard InChI is InChI=1S/C14H29NO3/c1-6-15-14(5,13(16)17)9-7-8-10-18-12(4)11(2)3/h11-12,15H,6-10H2,1-5H3,(H,16,17). The fraction of sp³-hybridized carbons (Fsp3) is 0.929. The maximum atomic E-state index is 11.2. The first-order valence-electron chi connectivity index (χ1n) is 6.93. The van der Waals surface area contributed by atoms with Crippen LogP contribution in [0, 0.1) is 5.92 Å². The molecule has 0 aliphatic rings. The van der Waals surface area contributed by atoms with E-state index in [1.807, 2.05) is 6.92 Å².